The molecule has 0 saturated heterocycles. The van der Waals surface area contributed by atoms with Gasteiger partial charge in [0.15, 0.2) is 5.71 Å². The number of allylic oxidation sites excluding steroid dienone is 2. The normalized spacial score (nSPS) is 12.6. The molecular formula is C13H15NO2. The zero-order valence-electron chi connectivity index (χ0n) is 9.30. The van der Waals surface area contributed by atoms with Crippen LogP contribution in [-0.2, 0) is 4.79 Å². The van der Waals surface area contributed by atoms with Crippen molar-refractivity contribution in [3.63, 3.8) is 0 Å². The maximum Gasteiger partial charge on any atom is 0.216 e. The highest BCUT2D eigenvalue weighted by Gasteiger charge is 2.07. The second-order valence-corrected chi connectivity index (χ2v) is 3.37. The Balaban J connectivity index is 3.05. The molecule has 16 heavy (non-hydrogen) atoms. The van der Waals surface area contributed by atoms with Crippen LogP contribution in [0.1, 0.15) is 19.8 Å². The number of carbonyl (C=O) groups excluding carboxylic acids is 1. The molecule has 3 heteroatoms. The van der Waals surface area contributed by atoms with Gasteiger partial charge in [-0.25, -0.2) is 0 Å². The fourth-order valence-corrected chi connectivity index (χ4v) is 1.39. The lowest BCUT2D eigenvalue weighted by atomic mass is 10.2. The zero-order chi connectivity index (χ0) is 11.8. The molecule has 0 aliphatic heterocycles. The van der Waals surface area contributed by atoms with E-state index in [4.69, 9.17) is 0 Å². The summed E-state index contributed by atoms with van der Waals surface area (Å²) >= 11 is 0. The Labute approximate surface area is 95.3 Å². The van der Waals surface area contributed by atoms with Crippen LogP contribution in [0, 0.1) is 5.21 Å². The van der Waals surface area contributed by atoms with Crippen molar-refractivity contribution in [3.05, 3.63) is 47.7 Å². The number of para-hydroxylation sites is 1. The van der Waals surface area contributed by atoms with Crippen molar-refractivity contribution >= 4 is 17.7 Å². The second-order valence-electron chi connectivity index (χ2n) is 3.37. The molecule has 0 radical (unpaired) electrons. The molecule has 0 amide bonds. The van der Waals surface area contributed by atoms with Gasteiger partial charge in [0.05, 0.1) is 0 Å². The molecule has 0 heterocycles. The number of hydrogen-bond donors (Lipinski definition) is 0. The van der Waals surface area contributed by atoms with Crippen molar-refractivity contribution in [3.8, 4) is 0 Å². The van der Waals surface area contributed by atoms with Gasteiger partial charge in [-0.1, -0.05) is 25.1 Å². The highest BCUT2D eigenvalue weighted by atomic mass is 16.5. The Morgan fingerprint density at radius 1 is 1.38 bits per heavy atom. The standard InChI is InChI=1S/C13H15NO2/c1-2-7-12(10-6-11-15)14(16)13-8-4-3-5-9-13/h3-6,8-11H,2,7H2,1H3/b10-6+,14-12-. The summed E-state index contributed by atoms with van der Waals surface area (Å²) in [5.74, 6) is 0. The molecule has 1 aromatic carbocycles. The van der Waals surface area contributed by atoms with Crippen LogP contribution in [0.4, 0.5) is 5.69 Å². The number of benzene rings is 1. The van der Waals surface area contributed by atoms with Gasteiger partial charge in [-0.15, -0.1) is 0 Å². The summed E-state index contributed by atoms with van der Waals surface area (Å²) < 4.78 is 0.865. The van der Waals surface area contributed by atoms with Gasteiger partial charge < -0.3 is 5.21 Å². The molecule has 1 rings (SSSR count). The number of nitrogens with zero attached hydrogens (tertiary/aromatic N) is 1. The SMILES string of the molecule is CCCC(/C=C/C=O)=[N+](/[O-])c1ccccc1. The smallest absolute Gasteiger partial charge is 0.216 e. The molecule has 0 atom stereocenters. The lowest BCUT2D eigenvalue weighted by Gasteiger charge is -2.06. The molecule has 1 aromatic rings. The van der Waals surface area contributed by atoms with Crippen LogP contribution >= 0.6 is 0 Å². The Hall–Kier alpha value is -1.90. The molecule has 0 aliphatic carbocycles. The molecule has 0 N–H and O–H groups in total. The van der Waals surface area contributed by atoms with E-state index in [1.54, 1.807) is 18.2 Å². The monoisotopic (exact) mass is 217 g/mol. The Morgan fingerprint density at radius 3 is 2.62 bits per heavy atom. The van der Waals surface area contributed by atoms with Crippen molar-refractivity contribution in [2.75, 3.05) is 0 Å². The molecule has 0 unspecified atom stereocenters. The highest BCUT2D eigenvalue weighted by Crippen LogP contribution is 2.11. The van der Waals surface area contributed by atoms with Crippen LogP contribution in [0.3, 0.4) is 0 Å². The number of aldehydes is 1. The first-order valence-electron chi connectivity index (χ1n) is 5.29. The maximum absolute atomic E-state index is 12.0. The van der Waals surface area contributed by atoms with Crippen LogP contribution in [-0.4, -0.2) is 16.7 Å². The third-order valence-electron chi connectivity index (χ3n) is 2.12. The molecule has 84 valence electrons. The number of carbonyl (C=O) groups is 1. The summed E-state index contributed by atoms with van der Waals surface area (Å²) in [7, 11) is 0. The summed E-state index contributed by atoms with van der Waals surface area (Å²) in [6, 6.07) is 8.98. The molecule has 0 saturated carbocycles. The number of rotatable bonds is 5. The fourth-order valence-electron chi connectivity index (χ4n) is 1.39. The first kappa shape index (κ1) is 12.2. The van der Waals surface area contributed by atoms with Crippen LogP contribution in [0.15, 0.2) is 42.5 Å². The quantitative estimate of drug-likeness (QED) is 0.190. The van der Waals surface area contributed by atoms with Crippen molar-refractivity contribution < 1.29 is 9.53 Å². The van der Waals surface area contributed by atoms with E-state index >= 15 is 0 Å². The van der Waals surface area contributed by atoms with E-state index in [2.05, 4.69) is 0 Å². The molecule has 0 aliphatic rings. The van der Waals surface area contributed by atoms with Crippen LogP contribution in [0.5, 0.6) is 0 Å². The van der Waals surface area contributed by atoms with Crippen molar-refractivity contribution in [2.24, 2.45) is 0 Å². The van der Waals surface area contributed by atoms with Gasteiger partial charge in [-0.05, 0) is 12.5 Å². The average molecular weight is 217 g/mol. The van der Waals surface area contributed by atoms with Gasteiger partial charge in [0.1, 0.15) is 6.29 Å². The maximum atomic E-state index is 12.0. The number of hydrogen-bond acceptors (Lipinski definition) is 2. The molecule has 0 fully saturated rings. The van der Waals surface area contributed by atoms with E-state index in [0.29, 0.717) is 24.1 Å². The lowest BCUT2D eigenvalue weighted by molar-refractivity contribution is -0.361. The van der Waals surface area contributed by atoms with E-state index in [9.17, 15) is 10.0 Å². The molecule has 3 nitrogen and oxygen atoms in total. The predicted molar refractivity (Wildman–Crippen MR) is 64.8 cm³/mol. The molecular weight excluding hydrogens is 202 g/mol. The van der Waals surface area contributed by atoms with Crippen molar-refractivity contribution in [2.45, 2.75) is 19.8 Å². The van der Waals surface area contributed by atoms with Crippen LogP contribution in [0.25, 0.3) is 0 Å². The van der Waals surface area contributed by atoms with Gasteiger partial charge in [-0.3, -0.25) is 4.79 Å². The lowest BCUT2D eigenvalue weighted by Crippen LogP contribution is -2.08. The average Bonchev–Trinajstić information content (AvgIpc) is 2.35. The van der Waals surface area contributed by atoms with Crippen LogP contribution in [0.2, 0.25) is 0 Å². The Morgan fingerprint density at radius 2 is 2.06 bits per heavy atom. The first-order valence-corrected chi connectivity index (χ1v) is 5.29. The van der Waals surface area contributed by atoms with Gasteiger partial charge in [0.25, 0.3) is 0 Å². The zero-order valence-corrected chi connectivity index (χ0v) is 9.30. The van der Waals surface area contributed by atoms with E-state index in [-0.39, 0.29) is 0 Å². The minimum Gasteiger partial charge on any atom is -0.618 e. The molecule has 0 spiro atoms. The van der Waals surface area contributed by atoms with Gasteiger partial charge in [-0.2, -0.15) is 4.74 Å². The summed E-state index contributed by atoms with van der Waals surface area (Å²) in [5.41, 5.74) is 1.18. The summed E-state index contributed by atoms with van der Waals surface area (Å²) in [5, 5.41) is 12.0. The van der Waals surface area contributed by atoms with E-state index in [1.165, 1.54) is 6.08 Å². The van der Waals surface area contributed by atoms with Gasteiger partial charge in [0, 0.05) is 24.6 Å². The Kier molecular flexibility index (Phi) is 4.99. The first-order chi connectivity index (χ1) is 7.79. The van der Waals surface area contributed by atoms with E-state index in [0.717, 1.165) is 11.2 Å². The summed E-state index contributed by atoms with van der Waals surface area (Å²) in [6.07, 6.45) is 5.11. The summed E-state index contributed by atoms with van der Waals surface area (Å²) in [4.78, 5) is 10.3. The Bertz CT molecular complexity index is 394. The predicted octanol–water partition coefficient (Wildman–Crippen LogP) is 2.82. The second kappa shape index (κ2) is 6.56. The molecule has 0 bridgehead atoms. The summed E-state index contributed by atoms with van der Waals surface area (Å²) in [6.45, 7) is 1.99. The minimum atomic E-state index is 0.585. The van der Waals surface area contributed by atoms with Gasteiger partial charge in [0.2, 0.25) is 5.69 Å². The van der Waals surface area contributed by atoms with E-state index < -0.39 is 0 Å². The largest absolute Gasteiger partial charge is 0.618 e. The molecule has 0 aromatic heterocycles. The van der Waals surface area contributed by atoms with E-state index in [1.807, 2.05) is 25.1 Å². The minimum absolute atomic E-state index is 0.585. The topological polar surface area (TPSA) is 43.1 Å². The van der Waals surface area contributed by atoms with Crippen molar-refractivity contribution in [1.82, 2.24) is 0 Å². The highest BCUT2D eigenvalue weighted by molar-refractivity contribution is 5.94. The third-order valence-corrected chi connectivity index (χ3v) is 2.12. The van der Waals surface area contributed by atoms with Crippen molar-refractivity contribution in [1.29, 1.82) is 0 Å². The van der Waals surface area contributed by atoms with Gasteiger partial charge >= 0.3 is 0 Å². The third kappa shape index (κ3) is 3.35. The van der Waals surface area contributed by atoms with Crippen LogP contribution < -0.4 is 0 Å². The fraction of sp³-hybridized carbons (Fsp3) is 0.231.